The minimum absolute atomic E-state index is 0.0831. The van der Waals surface area contributed by atoms with E-state index in [1.165, 1.54) is 7.11 Å². The zero-order chi connectivity index (χ0) is 16.1. The second-order valence-corrected chi connectivity index (χ2v) is 5.45. The zero-order valence-corrected chi connectivity index (χ0v) is 13.1. The van der Waals surface area contributed by atoms with E-state index in [9.17, 15) is 14.4 Å². The van der Waals surface area contributed by atoms with Crippen molar-refractivity contribution in [3.05, 3.63) is 50.6 Å². The molecule has 6 nitrogen and oxygen atoms in total. The molecule has 0 bridgehead atoms. The lowest BCUT2D eigenvalue weighted by Crippen LogP contribution is -2.21. The number of nitrogens with one attached hydrogen (secondary N) is 1. The van der Waals surface area contributed by atoms with Crippen molar-refractivity contribution in [2.24, 2.45) is 0 Å². The Bertz CT molecular complexity index is 748. The van der Waals surface area contributed by atoms with Gasteiger partial charge in [0.15, 0.2) is 0 Å². The summed E-state index contributed by atoms with van der Waals surface area (Å²) < 4.78 is 6.23. The highest BCUT2D eigenvalue weighted by Gasteiger charge is 2.13. The lowest BCUT2D eigenvalue weighted by molar-refractivity contribution is -0.116. The summed E-state index contributed by atoms with van der Waals surface area (Å²) >= 11 is 1.11. The van der Waals surface area contributed by atoms with Gasteiger partial charge in [-0.15, -0.1) is 0 Å². The van der Waals surface area contributed by atoms with Crippen LogP contribution in [0.5, 0.6) is 0 Å². The van der Waals surface area contributed by atoms with Crippen LogP contribution in [0, 0.1) is 6.92 Å². The molecule has 1 amide bonds. The third kappa shape index (κ3) is 3.62. The molecule has 1 aromatic carbocycles. The van der Waals surface area contributed by atoms with Gasteiger partial charge in [0.05, 0.1) is 18.4 Å². The van der Waals surface area contributed by atoms with Crippen molar-refractivity contribution >= 4 is 28.9 Å². The SMILES string of the molecule is COC(=O)c1ccccc1NC(=O)CCn1c(C)csc1=O. The Kier molecular flexibility index (Phi) is 5.11. The van der Waals surface area contributed by atoms with Crippen LogP contribution in [0.2, 0.25) is 0 Å². The van der Waals surface area contributed by atoms with Gasteiger partial charge in [0.25, 0.3) is 0 Å². The third-order valence-electron chi connectivity index (χ3n) is 3.15. The number of thiazole rings is 1. The molecule has 1 heterocycles. The van der Waals surface area contributed by atoms with Crippen molar-refractivity contribution in [2.45, 2.75) is 19.9 Å². The number of methoxy groups -OCH3 is 1. The summed E-state index contributed by atoms with van der Waals surface area (Å²) in [6, 6.07) is 6.62. The first kappa shape index (κ1) is 16.0. The maximum absolute atomic E-state index is 12.0. The molecule has 2 aromatic rings. The molecule has 0 fully saturated rings. The van der Waals surface area contributed by atoms with Crippen molar-refractivity contribution in [1.82, 2.24) is 4.57 Å². The molecule has 0 aliphatic carbocycles. The van der Waals surface area contributed by atoms with Crippen LogP contribution in [0.25, 0.3) is 0 Å². The minimum atomic E-state index is -0.513. The Morgan fingerprint density at radius 1 is 1.32 bits per heavy atom. The highest BCUT2D eigenvalue weighted by Crippen LogP contribution is 2.16. The zero-order valence-electron chi connectivity index (χ0n) is 12.3. The van der Waals surface area contributed by atoms with E-state index in [1.54, 1.807) is 34.2 Å². The number of rotatable bonds is 5. The van der Waals surface area contributed by atoms with E-state index in [2.05, 4.69) is 10.1 Å². The van der Waals surface area contributed by atoms with Crippen LogP contribution in [0.4, 0.5) is 5.69 Å². The number of aromatic nitrogens is 1. The molecule has 0 spiro atoms. The highest BCUT2D eigenvalue weighted by atomic mass is 32.1. The van der Waals surface area contributed by atoms with Gasteiger partial charge in [0.2, 0.25) is 5.91 Å². The van der Waals surface area contributed by atoms with E-state index < -0.39 is 5.97 Å². The van der Waals surface area contributed by atoms with Gasteiger partial charge in [-0.3, -0.25) is 9.59 Å². The molecule has 22 heavy (non-hydrogen) atoms. The highest BCUT2D eigenvalue weighted by molar-refractivity contribution is 7.07. The number of nitrogens with zero attached hydrogens (tertiary/aromatic N) is 1. The van der Waals surface area contributed by atoms with E-state index in [1.807, 2.05) is 6.92 Å². The monoisotopic (exact) mass is 320 g/mol. The number of amides is 1. The number of anilines is 1. The largest absolute Gasteiger partial charge is 0.465 e. The average molecular weight is 320 g/mol. The van der Waals surface area contributed by atoms with Crippen LogP contribution in [-0.2, 0) is 16.1 Å². The molecule has 1 aromatic heterocycles. The standard InChI is InChI=1S/C15H16N2O4S/c1-10-9-22-15(20)17(10)8-7-13(18)16-12-6-4-3-5-11(12)14(19)21-2/h3-6,9H,7-8H2,1-2H3,(H,16,18). The van der Waals surface area contributed by atoms with E-state index in [0.29, 0.717) is 17.8 Å². The van der Waals surface area contributed by atoms with Crippen LogP contribution < -0.4 is 10.2 Å². The second-order valence-electron chi connectivity index (χ2n) is 4.63. The van der Waals surface area contributed by atoms with Gasteiger partial charge in [-0.05, 0) is 19.1 Å². The summed E-state index contributed by atoms with van der Waals surface area (Å²) in [6.45, 7) is 2.13. The summed E-state index contributed by atoms with van der Waals surface area (Å²) in [5.41, 5.74) is 1.52. The van der Waals surface area contributed by atoms with Crippen LogP contribution >= 0.6 is 11.3 Å². The quantitative estimate of drug-likeness (QED) is 0.855. The fraction of sp³-hybridized carbons (Fsp3) is 0.267. The Labute approximate surface area is 131 Å². The van der Waals surface area contributed by atoms with Gasteiger partial charge in [0.1, 0.15) is 0 Å². The molecule has 7 heteroatoms. The fourth-order valence-corrected chi connectivity index (χ4v) is 2.74. The van der Waals surface area contributed by atoms with Gasteiger partial charge in [0, 0.05) is 24.0 Å². The first-order chi connectivity index (χ1) is 10.5. The maximum atomic E-state index is 12.0. The molecule has 1 N–H and O–H groups in total. The van der Waals surface area contributed by atoms with E-state index in [-0.39, 0.29) is 17.2 Å². The van der Waals surface area contributed by atoms with Gasteiger partial charge in [-0.25, -0.2) is 4.79 Å². The maximum Gasteiger partial charge on any atom is 0.339 e. The van der Waals surface area contributed by atoms with E-state index >= 15 is 0 Å². The molecule has 0 aliphatic rings. The van der Waals surface area contributed by atoms with Gasteiger partial charge >= 0.3 is 10.8 Å². The van der Waals surface area contributed by atoms with Crippen LogP contribution in [0.1, 0.15) is 22.5 Å². The van der Waals surface area contributed by atoms with Gasteiger partial charge < -0.3 is 14.6 Å². The third-order valence-corrected chi connectivity index (χ3v) is 4.03. The molecule has 0 radical (unpaired) electrons. The molecular formula is C15H16N2O4S. The van der Waals surface area contributed by atoms with Gasteiger partial charge in [-0.1, -0.05) is 23.5 Å². The Morgan fingerprint density at radius 2 is 2.05 bits per heavy atom. The normalized spacial score (nSPS) is 10.3. The van der Waals surface area contributed by atoms with Crippen LogP contribution in [0.15, 0.2) is 34.4 Å². The summed E-state index contributed by atoms with van der Waals surface area (Å²) in [5, 5.41) is 4.43. The smallest absolute Gasteiger partial charge is 0.339 e. The van der Waals surface area contributed by atoms with Crippen LogP contribution in [-0.4, -0.2) is 23.6 Å². The first-order valence-corrected chi connectivity index (χ1v) is 7.53. The molecule has 0 unspecified atom stereocenters. The fourth-order valence-electron chi connectivity index (χ4n) is 1.98. The Morgan fingerprint density at radius 3 is 2.68 bits per heavy atom. The molecule has 116 valence electrons. The number of hydrogen-bond donors (Lipinski definition) is 1. The second kappa shape index (κ2) is 7.04. The number of carbonyl (C=O) groups excluding carboxylic acids is 2. The van der Waals surface area contributed by atoms with Crippen LogP contribution in [0.3, 0.4) is 0 Å². The molecule has 0 aliphatic heterocycles. The molecule has 2 rings (SSSR count). The average Bonchev–Trinajstić information content (AvgIpc) is 2.83. The number of aryl methyl sites for hydroxylation is 1. The lowest BCUT2D eigenvalue weighted by Gasteiger charge is -2.10. The first-order valence-electron chi connectivity index (χ1n) is 6.65. The van der Waals surface area contributed by atoms with Crippen molar-refractivity contribution in [3.8, 4) is 0 Å². The van der Waals surface area contributed by atoms with Gasteiger partial charge in [-0.2, -0.15) is 0 Å². The topological polar surface area (TPSA) is 77.4 Å². The Hall–Kier alpha value is -2.41. The number of carbonyl (C=O) groups is 2. The van der Waals surface area contributed by atoms with Crippen molar-refractivity contribution in [1.29, 1.82) is 0 Å². The number of para-hydroxylation sites is 1. The predicted octanol–water partition coefficient (Wildman–Crippen LogP) is 2.03. The summed E-state index contributed by atoms with van der Waals surface area (Å²) in [5.74, 6) is -0.783. The van der Waals surface area contributed by atoms with E-state index in [4.69, 9.17) is 0 Å². The summed E-state index contributed by atoms with van der Waals surface area (Å²) in [4.78, 5) is 35.1. The molecular weight excluding hydrogens is 304 g/mol. The summed E-state index contributed by atoms with van der Waals surface area (Å²) in [7, 11) is 1.28. The Balaban J connectivity index is 2.04. The number of ether oxygens (including phenoxy) is 1. The molecule has 0 saturated heterocycles. The number of benzene rings is 1. The number of esters is 1. The predicted molar refractivity (Wildman–Crippen MR) is 84.3 cm³/mol. The number of hydrogen-bond acceptors (Lipinski definition) is 5. The summed E-state index contributed by atoms with van der Waals surface area (Å²) in [6.07, 6.45) is 0.146. The molecule has 0 saturated carbocycles. The van der Waals surface area contributed by atoms with Crippen molar-refractivity contribution in [3.63, 3.8) is 0 Å². The van der Waals surface area contributed by atoms with E-state index in [0.717, 1.165) is 17.0 Å². The molecule has 0 atom stereocenters. The van der Waals surface area contributed by atoms with Crippen molar-refractivity contribution < 1.29 is 14.3 Å². The minimum Gasteiger partial charge on any atom is -0.465 e. The van der Waals surface area contributed by atoms with Crippen molar-refractivity contribution in [2.75, 3.05) is 12.4 Å². The lowest BCUT2D eigenvalue weighted by atomic mass is 10.1.